The van der Waals surface area contributed by atoms with Gasteiger partial charge in [0, 0.05) is 38.1 Å². The smallest absolute Gasteiger partial charge is 0.277 e. The molecule has 138 valence electrons. The highest BCUT2D eigenvalue weighted by molar-refractivity contribution is 7.13. The van der Waals surface area contributed by atoms with E-state index in [1.807, 2.05) is 24.1 Å². The van der Waals surface area contributed by atoms with E-state index in [1.54, 1.807) is 7.05 Å². The third kappa shape index (κ3) is 3.19. The Bertz CT molecular complexity index is 915. The van der Waals surface area contributed by atoms with Crippen LogP contribution in [0.3, 0.4) is 0 Å². The molecule has 2 aromatic heterocycles. The van der Waals surface area contributed by atoms with Crippen LogP contribution in [0.25, 0.3) is 10.6 Å². The minimum atomic E-state index is -0.123. The molecule has 0 aromatic carbocycles. The molecule has 1 saturated heterocycles. The molecule has 7 nitrogen and oxygen atoms in total. The summed E-state index contributed by atoms with van der Waals surface area (Å²) in [7, 11) is 1.66. The largest absolute Gasteiger partial charge is 0.337 e. The first-order chi connectivity index (χ1) is 12.4. The fourth-order valence-corrected chi connectivity index (χ4v) is 4.37. The number of hydrogen-bond donors (Lipinski definition) is 0. The Morgan fingerprint density at radius 1 is 1.23 bits per heavy atom. The summed E-state index contributed by atoms with van der Waals surface area (Å²) in [5.74, 6) is 0.226. The lowest BCUT2D eigenvalue weighted by atomic mass is 10.1. The molecule has 1 saturated carbocycles. The van der Waals surface area contributed by atoms with Gasteiger partial charge in [0.15, 0.2) is 0 Å². The summed E-state index contributed by atoms with van der Waals surface area (Å²) in [5.41, 5.74) is 3.13. The zero-order chi connectivity index (χ0) is 18.4. The monoisotopic (exact) mass is 373 g/mol. The van der Waals surface area contributed by atoms with Crippen LogP contribution < -0.4 is 5.56 Å². The third-order valence-corrected chi connectivity index (χ3v) is 6.11. The zero-order valence-electron chi connectivity index (χ0n) is 15.4. The second kappa shape index (κ2) is 6.59. The number of carbonyl (C=O) groups is 1. The molecule has 8 heteroatoms. The number of nitrogens with zero attached hydrogens (tertiary/aromatic N) is 5. The predicted octanol–water partition coefficient (Wildman–Crippen LogP) is 1.33. The number of aromatic nitrogens is 3. The molecule has 0 radical (unpaired) electrons. The molecule has 0 bridgehead atoms. The van der Waals surface area contributed by atoms with Crippen molar-refractivity contribution in [2.24, 2.45) is 7.05 Å². The Labute approximate surface area is 156 Å². The molecule has 0 unspecified atom stereocenters. The second-order valence-electron chi connectivity index (χ2n) is 7.19. The second-order valence-corrected chi connectivity index (χ2v) is 8.05. The quantitative estimate of drug-likeness (QED) is 0.809. The normalized spacial score (nSPS) is 18.6. The van der Waals surface area contributed by atoms with Crippen LogP contribution in [-0.4, -0.2) is 56.1 Å². The van der Waals surface area contributed by atoms with Crippen molar-refractivity contribution in [3.63, 3.8) is 0 Å². The fraction of sp³-hybridized carbons (Fsp3) is 0.556. The summed E-state index contributed by atoms with van der Waals surface area (Å²) in [6.45, 7) is 6.60. The van der Waals surface area contributed by atoms with Crippen LogP contribution in [0.4, 0.5) is 0 Å². The van der Waals surface area contributed by atoms with Crippen molar-refractivity contribution in [3.8, 4) is 10.6 Å². The molecule has 0 spiro atoms. The molecule has 2 fully saturated rings. The molecule has 26 heavy (non-hydrogen) atoms. The third-order valence-electron chi connectivity index (χ3n) is 5.20. The van der Waals surface area contributed by atoms with Gasteiger partial charge < -0.3 is 4.90 Å². The van der Waals surface area contributed by atoms with Crippen molar-refractivity contribution in [3.05, 3.63) is 32.7 Å². The highest BCUT2D eigenvalue weighted by Gasteiger charge is 2.35. The van der Waals surface area contributed by atoms with E-state index in [4.69, 9.17) is 0 Å². The Balaban J connectivity index is 1.51. The van der Waals surface area contributed by atoms with E-state index < -0.39 is 0 Å². The summed E-state index contributed by atoms with van der Waals surface area (Å²) in [4.78, 5) is 33.6. The molecule has 0 atom stereocenters. The molecule has 1 amide bonds. The van der Waals surface area contributed by atoms with Crippen LogP contribution in [0.15, 0.2) is 10.2 Å². The molecule has 2 aliphatic rings. The van der Waals surface area contributed by atoms with Crippen molar-refractivity contribution < 1.29 is 4.79 Å². The maximum Gasteiger partial charge on any atom is 0.277 e. The molecular formula is C18H23N5O2S. The summed E-state index contributed by atoms with van der Waals surface area (Å²) >= 11 is 1.48. The van der Waals surface area contributed by atoms with Crippen molar-refractivity contribution in [1.29, 1.82) is 0 Å². The van der Waals surface area contributed by atoms with Gasteiger partial charge >= 0.3 is 0 Å². The maximum absolute atomic E-state index is 12.5. The summed E-state index contributed by atoms with van der Waals surface area (Å²) < 4.78 is 1.37. The van der Waals surface area contributed by atoms with Crippen molar-refractivity contribution in [2.45, 2.75) is 39.3 Å². The van der Waals surface area contributed by atoms with Crippen LogP contribution in [0.5, 0.6) is 0 Å². The zero-order valence-corrected chi connectivity index (χ0v) is 16.2. The average molecular weight is 373 g/mol. The number of thiazole rings is 1. The SMILES string of the molecule is Cc1nn(C)c(=O)c(-c2nc(CN3CCN(C4CC4)C(=O)C3)cs2)c1C. The first-order valence-electron chi connectivity index (χ1n) is 8.95. The molecular weight excluding hydrogens is 350 g/mol. The highest BCUT2D eigenvalue weighted by atomic mass is 32.1. The van der Waals surface area contributed by atoms with Gasteiger partial charge in [-0.1, -0.05) is 0 Å². The number of amides is 1. The van der Waals surface area contributed by atoms with Gasteiger partial charge in [-0.2, -0.15) is 5.10 Å². The standard InChI is InChI=1S/C18H23N5O2S/c1-11-12(2)20-21(3)18(25)16(11)17-19-13(10-26-17)8-22-6-7-23(14-4-5-14)15(24)9-22/h10,14H,4-9H2,1-3H3. The van der Waals surface area contributed by atoms with Crippen LogP contribution in [0.2, 0.25) is 0 Å². The minimum absolute atomic E-state index is 0.123. The van der Waals surface area contributed by atoms with Gasteiger partial charge in [-0.05, 0) is 32.3 Å². The van der Waals surface area contributed by atoms with Gasteiger partial charge in [0.2, 0.25) is 5.91 Å². The predicted molar refractivity (Wildman–Crippen MR) is 100 cm³/mol. The number of piperazine rings is 1. The first-order valence-corrected chi connectivity index (χ1v) is 9.83. The lowest BCUT2D eigenvalue weighted by molar-refractivity contribution is -0.136. The number of rotatable bonds is 4. The minimum Gasteiger partial charge on any atom is -0.337 e. The van der Waals surface area contributed by atoms with Crippen LogP contribution >= 0.6 is 11.3 Å². The van der Waals surface area contributed by atoms with Gasteiger partial charge in [0.1, 0.15) is 5.01 Å². The molecule has 4 rings (SSSR count). The Morgan fingerprint density at radius 2 is 2.00 bits per heavy atom. The summed E-state index contributed by atoms with van der Waals surface area (Å²) in [5, 5.41) is 6.94. The van der Waals surface area contributed by atoms with Gasteiger partial charge in [-0.15, -0.1) is 11.3 Å². The molecule has 1 aliphatic heterocycles. The number of aryl methyl sites for hydroxylation is 2. The summed E-state index contributed by atoms with van der Waals surface area (Å²) in [6.07, 6.45) is 2.31. The molecule has 3 heterocycles. The van der Waals surface area contributed by atoms with E-state index >= 15 is 0 Å². The summed E-state index contributed by atoms with van der Waals surface area (Å²) in [6, 6.07) is 0.490. The van der Waals surface area contributed by atoms with Crippen LogP contribution in [-0.2, 0) is 18.4 Å². The number of carbonyl (C=O) groups excluding carboxylic acids is 1. The van der Waals surface area contributed by atoms with Crippen molar-refractivity contribution in [1.82, 2.24) is 24.6 Å². The number of hydrogen-bond acceptors (Lipinski definition) is 6. The topological polar surface area (TPSA) is 71.3 Å². The van der Waals surface area contributed by atoms with E-state index in [0.717, 1.165) is 47.9 Å². The van der Waals surface area contributed by atoms with Crippen molar-refractivity contribution >= 4 is 17.2 Å². The molecule has 0 N–H and O–H groups in total. The van der Waals surface area contributed by atoms with Gasteiger partial charge in [0.25, 0.3) is 5.56 Å². The lowest BCUT2D eigenvalue weighted by Gasteiger charge is -2.34. The van der Waals surface area contributed by atoms with E-state index in [9.17, 15) is 9.59 Å². The first kappa shape index (κ1) is 17.4. The van der Waals surface area contributed by atoms with Gasteiger partial charge in [0.05, 0.1) is 23.5 Å². The van der Waals surface area contributed by atoms with Crippen LogP contribution in [0.1, 0.15) is 29.8 Å². The van der Waals surface area contributed by atoms with E-state index in [1.165, 1.54) is 16.0 Å². The molecule has 1 aliphatic carbocycles. The van der Waals surface area contributed by atoms with Gasteiger partial charge in [-0.25, -0.2) is 9.67 Å². The van der Waals surface area contributed by atoms with Crippen molar-refractivity contribution in [2.75, 3.05) is 19.6 Å². The lowest BCUT2D eigenvalue weighted by Crippen LogP contribution is -2.50. The van der Waals surface area contributed by atoms with Gasteiger partial charge in [-0.3, -0.25) is 14.5 Å². The van der Waals surface area contributed by atoms with E-state index in [-0.39, 0.29) is 11.5 Å². The Hall–Kier alpha value is -2.06. The Kier molecular flexibility index (Phi) is 4.40. The Morgan fingerprint density at radius 3 is 2.69 bits per heavy atom. The van der Waals surface area contributed by atoms with E-state index in [0.29, 0.717) is 24.7 Å². The molecule has 2 aromatic rings. The van der Waals surface area contributed by atoms with E-state index in [2.05, 4.69) is 15.0 Å². The highest BCUT2D eigenvalue weighted by Crippen LogP contribution is 2.29. The average Bonchev–Trinajstić information content (AvgIpc) is 3.34. The maximum atomic E-state index is 12.5. The fourth-order valence-electron chi connectivity index (χ4n) is 3.47. The van der Waals surface area contributed by atoms with Crippen LogP contribution in [0, 0.1) is 13.8 Å².